The van der Waals surface area contributed by atoms with Gasteiger partial charge < -0.3 is 59.9 Å². The monoisotopic (exact) mass is 1380 g/mol. The molecule has 0 bridgehead atoms. The molecule has 1 spiro atoms. The summed E-state index contributed by atoms with van der Waals surface area (Å²) >= 11 is 0. The maximum atomic E-state index is 15.5. The van der Waals surface area contributed by atoms with Gasteiger partial charge >= 0.3 is 6.18 Å². The molecule has 2 heterocycles. The van der Waals surface area contributed by atoms with E-state index in [2.05, 4.69) is 16.0 Å². The third kappa shape index (κ3) is 19.9. The van der Waals surface area contributed by atoms with Crippen molar-refractivity contribution in [1.29, 1.82) is 0 Å². The van der Waals surface area contributed by atoms with Crippen molar-refractivity contribution >= 4 is 65.0 Å². The minimum absolute atomic E-state index is 0.0233. The third-order valence-corrected chi connectivity index (χ3v) is 20.9. The Hall–Kier alpha value is -7.00. The van der Waals surface area contributed by atoms with Gasteiger partial charge in [-0.2, -0.15) is 13.2 Å². The molecule has 3 aliphatic carbocycles. The molecule has 2 saturated heterocycles. The van der Waals surface area contributed by atoms with Gasteiger partial charge in [-0.1, -0.05) is 91.9 Å². The standard InChI is InChI=1S/C69H106F5N11O12/c1-14-42(5)59-65(94)80(9)39-56(88)78(7)40-57(89)83(12)53(35-44-23-17-16-18-24-44)64(93)79(8)38-54(86)75-50(28-27-45-33-48(70)58(49(71)34-45)69(72,73)74)63(92)85-37-47(97-15-2)36-52(85)62(91)77-68(29-21-22-30-68)67(96)84(13)60(46-25-19-20-26-46)66(95)81(10)43(6)32-55(87)82(11)51(31-41(3)4)61(90)76-59/h33-34,41-44,46-47,50-53,59-60H,14-32,35-40H2,1-13H3,(H,75,86)(H,76,90)(H,77,91)/t42-,43+,47+,50-,51-,52-,53-,59-,60-/m0/s1. The van der Waals surface area contributed by atoms with Gasteiger partial charge in [-0.3, -0.25) is 52.7 Å². The molecule has 3 saturated carbocycles. The highest BCUT2D eigenvalue weighted by molar-refractivity contribution is 5.99. The van der Waals surface area contributed by atoms with Crippen LogP contribution in [0, 0.1) is 35.3 Å². The number of likely N-dealkylation sites (N-methyl/N-ethyl adjacent to an activating group) is 7. The summed E-state index contributed by atoms with van der Waals surface area (Å²) in [5.74, 6) is -12.1. The van der Waals surface area contributed by atoms with E-state index in [0.29, 0.717) is 44.2 Å². The number of alkyl halides is 3. The van der Waals surface area contributed by atoms with Gasteiger partial charge in [0.15, 0.2) is 0 Å². The van der Waals surface area contributed by atoms with Gasteiger partial charge in [-0.05, 0) is 107 Å². The number of aryl methyl sites for hydroxylation is 1. The molecule has 97 heavy (non-hydrogen) atoms. The predicted molar refractivity (Wildman–Crippen MR) is 350 cm³/mol. The van der Waals surface area contributed by atoms with Crippen LogP contribution < -0.4 is 16.0 Å². The number of fused-ring (bicyclic) bond motifs is 1. The molecular formula is C69H106F5N11O12. The number of hydrogen-bond donors (Lipinski definition) is 3. The van der Waals surface area contributed by atoms with E-state index in [0.717, 1.165) is 64.5 Å². The minimum Gasteiger partial charge on any atom is -0.377 e. The lowest BCUT2D eigenvalue weighted by Gasteiger charge is -2.41. The normalized spacial score (nSPS) is 27.1. The van der Waals surface area contributed by atoms with Crippen molar-refractivity contribution in [3.05, 3.63) is 34.9 Å². The molecule has 28 heteroatoms. The smallest absolute Gasteiger partial charge is 0.377 e. The van der Waals surface area contributed by atoms with Crippen LogP contribution >= 0.6 is 0 Å². The fourth-order valence-corrected chi connectivity index (χ4v) is 14.7. The number of carbonyl (C=O) groups excluding carboxylic acids is 11. The molecule has 11 amide bonds. The number of ether oxygens (including phenoxy) is 1. The molecule has 6 rings (SSSR count). The van der Waals surface area contributed by atoms with Crippen molar-refractivity contribution in [3.8, 4) is 0 Å². The van der Waals surface area contributed by atoms with Crippen LogP contribution in [0.5, 0.6) is 0 Å². The highest BCUT2D eigenvalue weighted by atomic mass is 19.4. The number of amides is 11. The number of hydrogen-bond acceptors (Lipinski definition) is 12. The van der Waals surface area contributed by atoms with Gasteiger partial charge in [-0.15, -0.1) is 0 Å². The lowest BCUT2D eigenvalue weighted by atomic mass is 9.84. The van der Waals surface area contributed by atoms with E-state index in [1.54, 1.807) is 27.8 Å². The highest BCUT2D eigenvalue weighted by Crippen LogP contribution is 2.38. The Kier molecular flexibility index (Phi) is 28.2. The van der Waals surface area contributed by atoms with Crippen molar-refractivity contribution < 1.29 is 79.4 Å². The van der Waals surface area contributed by atoms with Gasteiger partial charge in [0.05, 0.1) is 25.7 Å². The van der Waals surface area contributed by atoms with E-state index >= 15 is 28.0 Å². The van der Waals surface area contributed by atoms with E-state index in [-0.39, 0.29) is 75.0 Å². The summed E-state index contributed by atoms with van der Waals surface area (Å²) in [6.07, 6.45) is 1.50. The second-order valence-corrected chi connectivity index (χ2v) is 28.5. The van der Waals surface area contributed by atoms with Crippen LogP contribution in [-0.4, -0.2) is 240 Å². The second kappa shape index (κ2) is 34.7. The zero-order valence-electron chi connectivity index (χ0n) is 59.1. The average Bonchev–Trinajstić information content (AvgIpc) is 1.72. The molecule has 5 aliphatic rings. The Morgan fingerprint density at radius 1 is 0.639 bits per heavy atom. The van der Waals surface area contributed by atoms with Crippen LogP contribution in [0.25, 0.3) is 0 Å². The maximum Gasteiger partial charge on any atom is 0.422 e. The van der Waals surface area contributed by atoms with Gasteiger partial charge in [0, 0.05) is 81.4 Å². The minimum atomic E-state index is -5.39. The second-order valence-electron chi connectivity index (χ2n) is 28.5. The molecular weight excluding hydrogens is 1270 g/mol. The summed E-state index contributed by atoms with van der Waals surface area (Å²) in [5, 5.41) is 8.55. The average molecular weight is 1380 g/mol. The van der Waals surface area contributed by atoms with Crippen LogP contribution in [-0.2, 0) is 70.1 Å². The zero-order valence-corrected chi connectivity index (χ0v) is 59.1. The summed E-state index contributed by atoms with van der Waals surface area (Å²) in [5.41, 5.74) is -4.02. The molecule has 544 valence electrons. The molecule has 23 nitrogen and oxygen atoms in total. The first kappa shape index (κ1) is 79.0. The van der Waals surface area contributed by atoms with Crippen molar-refractivity contribution in [1.82, 2.24) is 55.1 Å². The summed E-state index contributed by atoms with van der Waals surface area (Å²) in [7, 11) is 10.00. The Labute approximate surface area is 568 Å². The molecule has 1 aromatic rings. The van der Waals surface area contributed by atoms with Crippen LogP contribution in [0.2, 0.25) is 0 Å². The zero-order chi connectivity index (χ0) is 72.1. The van der Waals surface area contributed by atoms with Gasteiger partial charge in [0.25, 0.3) is 0 Å². The largest absolute Gasteiger partial charge is 0.422 e. The van der Waals surface area contributed by atoms with Crippen molar-refractivity contribution in [2.45, 2.75) is 230 Å². The van der Waals surface area contributed by atoms with E-state index in [1.807, 2.05) is 20.8 Å². The fraction of sp³-hybridized carbons (Fsp3) is 0.754. The Morgan fingerprint density at radius 3 is 1.79 bits per heavy atom. The van der Waals surface area contributed by atoms with Crippen LogP contribution in [0.4, 0.5) is 22.0 Å². The number of benzene rings is 1. The highest BCUT2D eigenvalue weighted by Gasteiger charge is 2.52. The van der Waals surface area contributed by atoms with Crippen molar-refractivity contribution in [3.63, 3.8) is 0 Å². The quantitative estimate of drug-likeness (QED) is 0.214. The van der Waals surface area contributed by atoms with Crippen molar-refractivity contribution in [2.24, 2.45) is 23.7 Å². The fourth-order valence-electron chi connectivity index (χ4n) is 14.7. The number of nitrogens with zero attached hydrogens (tertiary/aromatic N) is 8. The molecule has 0 aromatic heterocycles. The Morgan fingerprint density at radius 2 is 1.22 bits per heavy atom. The molecule has 3 N–H and O–H groups in total. The van der Waals surface area contributed by atoms with E-state index in [9.17, 15) is 46.7 Å². The lowest BCUT2D eigenvalue weighted by molar-refractivity contribution is -0.153. The third-order valence-electron chi connectivity index (χ3n) is 20.9. The molecule has 2 aliphatic heterocycles. The summed E-state index contributed by atoms with van der Waals surface area (Å²) < 4.78 is 77.4. The molecule has 1 aromatic carbocycles. The topological polar surface area (TPSA) is 259 Å². The number of nitrogens with one attached hydrogen (secondary N) is 3. The summed E-state index contributed by atoms with van der Waals surface area (Å²) in [4.78, 5) is 172. The first-order valence-corrected chi connectivity index (χ1v) is 34.7. The van der Waals surface area contributed by atoms with Gasteiger partial charge in [0.2, 0.25) is 65.0 Å². The molecule has 5 fully saturated rings. The van der Waals surface area contributed by atoms with Crippen LogP contribution in [0.3, 0.4) is 0 Å². The van der Waals surface area contributed by atoms with E-state index in [1.165, 1.54) is 61.9 Å². The lowest BCUT2D eigenvalue weighted by Crippen LogP contribution is -2.64. The van der Waals surface area contributed by atoms with Crippen molar-refractivity contribution in [2.75, 3.05) is 82.1 Å². The van der Waals surface area contributed by atoms with Crippen LogP contribution in [0.1, 0.15) is 175 Å². The maximum absolute atomic E-state index is 15.5. The predicted octanol–water partition coefficient (Wildman–Crippen LogP) is 5.68. The Bertz CT molecular complexity index is 2970. The molecule has 0 radical (unpaired) electrons. The number of halogens is 5. The number of carbonyl (C=O) groups is 11. The van der Waals surface area contributed by atoms with Gasteiger partial charge in [0.1, 0.15) is 59.0 Å². The molecule has 0 unspecified atom stereocenters. The van der Waals surface area contributed by atoms with E-state index < -0.39 is 181 Å². The Balaban J connectivity index is 1.42. The van der Waals surface area contributed by atoms with E-state index in [4.69, 9.17) is 4.74 Å². The first-order valence-electron chi connectivity index (χ1n) is 34.7. The first-order chi connectivity index (χ1) is 45.5. The SMILES string of the molecule is CCO[C@@H]1C[C@H]2C(=O)NC3(CCCC3)C(=O)N(C)[C@@H](C3CCCC3)C(=O)N(C)[C@H](C)CC(=O)N(C)[C@@H](CC(C)C)C(=O)N[C@@H]([C@@H](C)CC)C(=O)N(C)CC(=O)N(C)CC(=O)N(C)[C@@H](CC3CCCCC3)C(=O)N(C)CC(=O)N[C@@H](CCc3cc(F)c(C(F)(F)F)c(F)c3)C(=O)N2C1. The summed E-state index contributed by atoms with van der Waals surface area (Å²) in [6, 6.07) is -7.36. The van der Waals surface area contributed by atoms with Gasteiger partial charge in [-0.25, -0.2) is 8.78 Å². The summed E-state index contributed by atoms with van der Waals surface area (Å²) in [6.45, 7) is 8.85. The molecule has 9 atom stereocenters. The van der Waals surface area contributed by atoms with Crippen LogP contribution in [0.15, 0.2) is 12.1 Å². The number of rotatable bonds is 12.